The molecule has 222 valence electrons. The van der Waals surface area contributed by atoms with Crippen molar-refractivity contribution < 1.29 is 13.7 Å². The quantitative estimate of drug-likeness (QED) is 0.184. The normalized spacial score (nSPS) is 11.5. The highest BCUT2D eigenvalue weighted by atomic mass is 32.1. The minimum atomic E-state index is -0.851. The summed E-state index contributed by atoms with van der Waals surface area (Å²) in [5.74, 6) is -1.71. The summed E-state index contributed by atoms with van der Waals surface area (Å²) in [6, 6.07) is 12.3. The molecule has 15 heteroatoms. The van der Waals surface area contributed by atoms with E-state index in [4.69, 9.17) is 0 Å². The Kier molecular flexibility index (Phi) is 7.40. The zero-order valence-electron chi connectivity index (χ0n) is 23.2. The van der Waals surface area contributed by atoms with E-state index < -0.39 is 34.4 Å². The van der Waals surface area contributed by atoms with Gasteiger partial charge in [-0.1, -0.05) is 6.07 Å². The van der Waals surface area contributed by atoms with Gasteiger partial charge in [0.2, 0.25) is 0 Å². The lowest BCUT2D eigenvalue weighted by molar-refractivity contribution is -0.384. The van der Waals surface area contributed by atoms with Crippen molar-refractivity contribution in [2.24, 2.45) is 0 Å². The van der Waals surface area contributed by atoms with Gasteiger partial charge in [-0.05, 0) is 61.6 Å². The summed E-state index contributed by atoms with van der Waals surface area (Å²) in [5, 5.41) is 19.5. The van der Waals surface area contributed by atoms with Crippen molar-refractivity contribution in [1.82, 2.24) is 34.0 Å². The first kappa shape index (κ1) is 28.7. The van der Waals surface area contributed by atoms with Crippen molar-refractivity contribution in [3.8, 4) is 21.9 Å². The molecule has 0 atom stereocenters. The number of nitro groups is 1. The van der Waals surface area contributed by atoms with E-state index in [9.17, 15) is 28.5 Å². The highest BCUT2D eigenvalue weighted by molar-refractivity contribution is 7.22. The highest BCUT2D eigenvalue weighted by Crippen LogP contribution is 2.38. The van der Waals surface area contributed by atoms with Gasteiger partial charge in [-0.25, -0.2) is 23.1 Å². The van der Waals surface area contributed by atoms with Crippen molar-refractivity contribution in [2.45, 2.75) is 13.1 Å². The summed E-state index contributed by atoms with van der Waals surface area (Å²) in [5.41, 5.74) is -0.394. The zero-order chi connectivity index (χ0) is 31.1. The van der Waals surface area contributed by atoms with Crippen molar-refractivity contribution in [1.29, 1.82) is 0 Å². The predicted molar refractivity (Wildman–Crippen MR) is 159 cm³/mol. The fraction of sp³-hybridized carbons (Fsp3) is 0.138. The van der Waals surface area contributed by atoms with E-state index in [1.54, 1.807) is 32.3 Å². The summed E-state index contributed by atoms with van der Waals surface area (Å²) >= 11 is 1.09. The second-order valence-electron chi connectivity index (χ2n) is 10.0. The van der Waals surface area contributed by atoms with E-state index >= 15 is 0 Å². The van der Waals surface area contributed by atoms with Crippen LogP contribution in [-0.4, -0.2) is 53.0 Å². The first-order valence-corrected chi connectivity index (χ1v) is 13.9. The molecular weight excluding hydrogens is 594 g/mol. The maximum Gasteiger partial charge on any atom is 0.338 e. The van der Waals surface area contributed by atoms with Gasteiger partial charge in [0.25, 0.3) is 11.2 Å². The number of hydrogen-bond acceptors (Lipinski definition) is 9. The predicted octanol–water partition coefficient (Wildman–Crippen LogP) is 4.15. The number of aromatic nitrogens is 6. The maximum atomic E-state index is 14.9. The topological polar surface area (TPSA) is 134 Å². The molecule has 0 unspecified atom stereocenters. The molecule has 12 nitrogen and oxygen atoms in total. The SMILES string of the molecule is CN(C)Cc1c(-c2ccc([N+](=O)[O-])cc2)sc2c1c(=O)n(-c1ccc(-n3nccn3)cn1)c(=O)n2Cc1c(F)cccc1F. The van der Waals surface area contributed by atoms with Crippen LogP contribution in [0.3, 0.4) is 0 Å². The van der Waals surface area contributed by atoms with Crippen molar-refractivity contribution in [3.05, 3.63) is 127 Å². The number of halogens is 2. The Morgan fingerprint density at radius 3 is 2.23 bits per heavy atom. The van der Waals surface area contributed by atoms with Crippen LogP contribution in [0.2, 0.25) is 0 Å². The van der Waals surface area contributed by atoms with Gasteiger partial charge in [0, 0.05) is 29.1 Å². The van der Waals surface area contributed by atoms with Gasteiger partial charge < -0.3 is 4.90 Å². The highest BCUT2D eigenvalue weighted by Gasteiger charge is 2.26. The Morgan fingerprint density at radius 2 is 1.64 bits per heavy atom. The maximum absolute atomic E-state index is 14.9. The van der Waals surface area contributed by atoms with Crippen molar-refractivity contribution in [3.63, 3.8) is 0 Å². The van der Waals surface area contributed by atoms with Gasteiger partial charge in [0.05, 0.1) is 35.4 Å². The van der Waals surface area contributed by atoms with Gasteiger partial charge in [0.15, 0.2) is 0 Å². The molecule has 0 aliphatic heterocycles. The van der Waals surface area contributed by atoms with Gasteiger partial charge in [-0.2, -0.15) is 15.0 Å². The standard InChI is InChI=1S/C29H22F2N8O4S/c1-35(2)15-21-25-27(40)37(24-11-10-19(14-32-24)38-33-12-13-34-38)29(41)36(16-20-22(30)4-3-5-23(20)31)28(25)44-26(21)17-6-8-18(9-7-17)39(42)43/h3-14H,15-16H2,1-2H3. The third-order valence-corrected chi connectivity index (χ3v) is 8.18. The number of hydrogen-bond donors (Lipinski definition) is 0. The van der Waals surface area contributed by atoms with Crippen LogP contribution in [0.5, 0.6) is 0 Å². The van der Waals surface area contributed by atoms with Gasteiger partial charge in [-0.3, -0.25) is 19.5 Å². The number of non-ortho nitro benzene ring substituents is 1. The average molecular weight is 617 g/mol. The van der Waals surface area contributed by atoms with Crippen LogP contribution in [0, 0.1) is 21.7 Å². The monoisotopic (exact) mass is 616 g/mol. The van der Waals surface area contributed by atoms with Gasteiger partial charge in [-0.15, -0.1) is 11.3 Å². The number of benzene rings is 2. The lowest BCUT2D eigenvalue weighted by Crippen LogP contribution is -2.39. The Bertz CT molecular complexity index is 2120. The lowest BCUT2D eigenvalue weighted by atomic mass is 10.1. The lowest BCUT2D eigenvalue weighted by Gasteiger charge is -2.14. The Morgan fingerprint density at radius 1 is 0.955 bits per heavy atom. The van der Waals surface area contributed by atoms with E-state index in [0.29, 0.717) is 21.7 Å². The molecule has 0 spiro atoms. The fourth-order valence-electron chi connectivity index (χ4n) is 4.86. The first-order chi connectivity index (χ1) is 21.1. The minimum Gasteiger partial charge on any atom is -0.305 e. The number of pyridine rings is 1. The molecule has 0 fully saturated rings. The second kappa shape index (κ2) is 11.3. The van der Waals surface area contributed by atoms with Crippen LogP contribution >= 0.6 is 11.3 Å². The molecule has 0 aliphatic rings. The molecule has 4 aromatic heterocycles. The minimum absolute atomic E-state index is 0.0144. The summed E-state index contributed by atoms with van der Waals surface area (Å²) in [7, 11) is 3.60. The first-order valence-electron chi connectivity index (χ1n) is 13.1. The molecule has 0 amide bonds. The molecule has 0 bridgehead atoms. The number of nitro benzene ring substituents is 1. The molecule has 0 N–H and O–H groups in total. The van der Waals surface area contributed by atoms with Gasteiger partial charge in [0.1, 0.15) is 28.0 Å². The van der Waals surface area contributed by atoms with Crippen LogP contribution < -0.4 is 11.2 Å². The number of rotatable bonds is 8. The second-order valence-corrected chi connectivity index (χ2v) is 11.0. The molecule has 4 heterocycles. The van der Waals surface area contributed by atoms with E-state index in [1.165, 1.54) is 47.7 Å². The number of fused-ring (bicyclic) bond motifs is 1. The average Bonchev–Trinajstić information content (AvgIpc) is 3.66. The third kappa shape index (κ3) is 5.07. The van der Waals surface area contributed by atoms with E-state index in [-0.39, 0.29) is 33.8 Å². The summed E-state index contributed by atoms with van der Waals surface area (Å²) < 4.78 is 31.8. The zero-order valence-corrected chi connectivity index (χ0v) is 24.0. The Balaban J connectivity index is 1.65. The summed E-state index contributed by atoms with van der Waals surface area (Å²) in [4.78, 5) is 47.3. The smallest absolute Gasteiger partial charge is 0.305 e. The van der Waals surface area contributed by atoms with Crippen LogP contribution in [0.15, 0.2) is 82.8 Å². The molecule has 2 aromatic carbocycles. The van der Waals surface area contributed by atoms with Crippen molar-refractivity contribution >= 4 is 27.2 Å². The van der Waals surface area contributed by atoms with Crippen LogP contribution in [0.1, 0.15) is 11.1 Å². The summed E-state index contributed by atoms with van der Waals surface area (Å²) in [6.45, 7) is -0.254. The Labute approximate surface area is 250 Å². The van der Waals surface area contributed by atoms with E-state index in [1.807, 2.05) is 4.90 Å². The van der Waals surface area contributed by atoms with Crippen molar-refractivity contribution in [2.75, 3.05) is 14.1 Å². The third-order valence-electron chi connectivity index (χ3n) is 6.88. The molecule has 0 saturated carbocycles. The summed E-state index contributed by atoms with van der Waals surface area (Å²) in [6.07, 6.45) is 4.36. The van der Waals surface area contributed by atoms with Crippen LogP contribution in [-0.2, 0) is 13.1 Å². The molecule has 6 rings (SSSR count). The molecule has 0 radical (unpaired) electrons. The molecule has 6 aromatic rings. The van der Waals surface area contributed by atoms with Crippen LogP contribution in [0.4, 0.5) is 14.5 Å². The van der Waals surface area contributed by atoms with Gasteiger partial charge >= 0.3 is 5.69 Å². The molecule has 0 aliphatic carbocycles. The fourth-order valence-corrected chi connectivity index (χ4v) is 6.17. The molecule has 0 saturated heterocycles. The number of thiophene rings is 1. The molecular formula is C29H22F2N8O4S. The Hall–Kier alpha value is -5.41. The van der Waals surface area contributed by atoms with E-state index in [0.717, 1.165) is 32.6 Å². The number of nitrogens with zero attached hydrogens (tertiary/aromatic N) is 8. The molecule has 44 heavy (non-hydrogen) atoms. The van der Waals surface area contributed by atoms with Crippen LogP contribution in [0.25, 0.3) is 32.2 Å². The van der Waals surface area contributed by atoms with E-state index in [2.05, 4.69) is 15.2 Å². The largest absolute Gasteiger partial charge is 0.338 e.